The molecule has 44 heavy (non-hydrogen) atoms. The van der Waals surface area contributed by atoms with Crippen LogP contribution in [0.2, 0.25) is 0 Å². The number of nitrogens with zero attached hydrogens (tertiary/aromatic N) is 2. The number of hydrogen-bond donors (Lipinski definition) is 1. The first kappa shape index (κ1) is 31.5. The Morgan fingerprint density at radius 1 is 1.02 bits per heavy atom. The molecule has 0 saturated carbocycles. The molecule has 0 unspecified atom stereocenters. The van der Waals surface area contributed by atoms with Crippen LogP contribution >= 0.6 is 0 Å². The lowest BCUT2D eigenvalue weighted by Gasteiger charge is -2.31. The van der Waals surface area contributed by atoms with E-state index in [2.05, 4.69) is 25.8 Å². The zero-order chi connectivity index (χ0) is 31.5. The largest absolute Gasteiger partial charge is 0.493 e. The van der Waals surface area contributed by atoms with Gasteiger partial charge in [-0.3, -0.25) is 4.79 Å². The standard InChI is InChI=1S/C35H40N2O6S/c1-5-35(3,4)27-13-15-28(16-14-27)44(40,41)37-21-19-29-30(23-37)25(12-18-33(38)39)11-17-32(29)42-22-20-31-24(2)43-34(36-31)26-9-7-6-8-10-26/h6-11,13-17H,5,12,18-23H2,1-4H3,(H,38,39). The van der Waals surface area contributed by atoms with Crippen molar-refractivity contribution < 1.29 is 27.5 Å². The molecule has 9 heteroatoms. The molecule has 1 aromatic heterocycles. The van der Waals surface area contributed by atoms with E-state index in [0.717, 1.165) is 45.7 Å². The number of aliphatic carboxylic acids is 1. The minimum Gasteiger partial charge on any atom is -0.493 e. The predicted octanol–water partition coefficient (Wildman–Crippen LogP) is 6.72. The van der Waals surface area contributed by atoms with Crippen LogP contribution in [0.3, 0.4) is 0 Å². The van der Waals surface area contributed by atoms with E-state index in [1.54, 1.807) is 12.1 Å². The highest BCUT2D eigenvalue weighted by atomic mass is 32.2. The zero-order valence-electron chi connectivity index (χ0n) is 25.8. The lowest BCUT2D eigenvalue weighted by molar-refractivity contribution is -0.136. The molecule has 0 radical (unpaired) electrons. The number of ether oxygens (including phenoxy) is 1. The van der Waals surface area contributed by atoms with Gasteiger partial charge < -0.3 is 14.3 Å². The zero-order valence-corrected chi connectivity index (χ0v) is 26.6. The summed E-state index contributed by atoms with van der Waals surface area (Å²) in [6.45, 7) is 9.13. The first-order valence-corrected chi connectivity index (χ1v) is 16.5. The van der Waals surface area contributed by atoms with Crippen molar-refractivity contribution in [2.24, 2.45) is 0 Å². The maximum Gasteiger partial charge on any atom is 0.303 e. The number of carbonyl (C=O) groups is 1. The summed E-state index contributed by atoms with van der Waals surface area (Å²) in [5.74, 6) is 1.10. The van der Waals surface area contributed by atoms with Crippen LogP contribution in [-0.4, -0.2) is 41.9 Å². The Hall–Kier alpha value is -3.95. The second-order valence-electron chi connectivity index (χ2n) is 11.9. The van der Waals surface area contributed by atoms with Crippen LogP contribution in [0.1, 0.15) is 67.3 Å². The molecule has 0 spiro atoms. The fraction of sp³-hybridized carbons (Fsp3) is 0.371. The Morgan fingerprint density at radius 3 is 2.43 bits per heavy atom. The van der Waals surface area contributed by atoms with Crippen molar-refractivity contribution in [3.63, 3.8) is 0 Å². The Bertz CT molecular complexity index is 1730. The van der Waals surface area contributed by atoms with Gasteiger partial charge in [-0.1, -0.05) is 57.2 Å². The van der Waals surface area contributed by atoms with Crippen molar-refractivity contribution in [2.75, 3.05) is 13.2 Å². The fourth-order valence-corrected chi connectivity index (χ4v) is 6.96. The average Bonchev–Trinajstić information content (AvgIpc) is 3.40. The summed E-state index contributed by atoms with van der Waals surface area (Å²) in [5.41, 5.74) is 5.37. The SMILES string of the molecule is CCC(C)(C)c1ccc(S(=O)(=O)N2CCc3c(OCCc4nc(-c5ccccc5)oc4C)ccc(CCC(=O)O)c3C2)cc1. The summed E-state index contributed by atoms with van der Waals surface area (Å²) in [4.78, 5) is 16.3. The third kappa shape index (κ3) is 6.74. The molecule has 1 N–H and O–H groups in total. The Morgan fingerprint density at radius 2 is 1.75 bits per heavy atom. The first-order chi connectivity index (χ1) is 21.0. The summed E-state index contributed by atoms with van der Waals surface area (Å²) in [6, 6.07) is 20.7. The smallest absolute Gasteiger partial charge is 0.303 e. The summed E-state index contributed by atoms with van der Waals surface area (Å²) >= 11 is 0. The van der Waals surface area contributed by atoms with Gasteiger partial charge in [-0.25, -0.2) is 13.4 Å². The first-order valence-electron chi connectivity index (χ1n) is 15.1. The summed E-state index contributed by atoms with van der Waals surface area (Å²) < 4.78 is 41.1. The summed E-state index contributed by atoms with van der Waals surface area (Å²) in [7, 11) is -3.76. The number of benzene rings is 3. The van der Waals surface area contributed by atoms with Crippen molar-refractivity contribution in [1.29, 1.82) is 0 Å². The van der Waals surface area contributed by atoms with Crippen LogP contribution in [0, 0.1) is 6.92 Å². The van der Waals surface area contributed by atoms with E-state index in [0.29, 0.717) is 44.1 Å². The number of carboxylic acids is 1. The maximum atomic E-state index is 13.7. The van der Waals surface area contributed by atoms with E-state index in [1.165, 1.54) is 4.31 Å². The predicted molar refractivity (Wildman–Crippen MR) is 169 cm³/mol. The highest BCUT2D eigenvalue weighted by molar-refractivity contribution is 7.89. The molecule has 1 aliphatic heterocycles. The van der Waals surface area contributed by atoms with Crippen molar-refractivity contribution in [3.8, 4) is 17.2 Å². The fourth-order valence-electron chi connectivity index (χ4n) is 5.55. The molecule has 0 atom stereocenters. The van der Waals surface area contributed by atoms with Gasteiger partial charge >= 0.3 is 5.97 Å². The molecule has 1 aliphatic rings. The topological polar surface area (TPSA) is 110 Å². The second-order valence-corrected chi connectivity index (χ2v) is 13.8. The monoisotopic (exact) mass is 616 g/mol. The van der Waals surface area contributed by atoms with E-state index in [-0.39, 0.29) is 23.3 Å². The van der Waals surface area contributed by atoms with Crippen LogP contribution in [0.25, 0.3) is 11.5 Å². The molecule has 0 bridgehead atoms. The Labute approximate surface area is 259 Å². The lowest BCUT2D eigenvalue weighted by atomic mass is 9.82. The number of rotatable bonds is 12. The van der Waals surface area contributed by atoms with Gasteiger partial charge in [-0.15, -0.1) is 0 Å². The quantitative estimate of drug-likeness (QED) is 0.188. The molecular weight excluding hydrogens is 576 g/mol. The van der Waals surface area contributed by atoms with E-state index in [1.807, 2.05) is 61.5 Å². The number of hydrogen-bond acceptors (Lipinski definition) is 6. The number of aromatic nitrogens is 1. The molecule has 4 aromatic rings. The third-order valence-corrected chi connectivity index (χ3v) is 10.6. The number of fused-ring (bicyclic) bond motifs is 1. The number of carboxylic acid groups (broad SMARTS) is 1. The minimum atomic E-state index is -3.76. The van der Waals surface area contributed by atoms with Gasteiger partial charge in [0.15, 0.2) is 0 Å². The van der Waals surface area contributed by atoms with Crippen molar-refractivity contribution in [3.05, 3.63) is 100 Å². The molecule has 0 amide bonds. The van der Waals surface area contributed by atoms with Gasteiger partial charge in [0.25, 0.3) is 0 Å². The van der Waals surface area contributed by atoms with E-state index in [4.69, 9.17) is 9.15 Å². The summed E-state index contributed by atoms with van der Waals surface area (Å²) in [5, 5.41) is 9.34. The number of oxazole rings is 1. The molecule has 3 aromatic carbocycles. The van der Waals surface area contributed by atoms with E-state index < -0.39 is 16.0 Å². The van der Waals surface area contributed by atoms with Gasteiger partial charge in [-0.2, -0.15) is 4.31 Å². The molecule has 2 heterocycles. The molecule has 232 valence electrons. The van der Waals surface area contributed by atoms with Gasteiger partial charge in [0.05, 0.1) is 17.2 Å². The van der Waals surface area contributed by atoms with Gasteiger partial charge in [-0.05, 0) is 78.6 Å². The average molecular weight is 617 g/mol. The third-order valence-electron chi connectivity index (χ3n) is 8.71. The maximum absolute atomic E-state index is 13.7. The molecule has 0 fully saturated rings. The summed E-state index contributed by atoms with van der Waals surface area (Å²) in [6.07, 6.45) is 2.23. The molecule has 5 rings (SSSR count). The minimum absolute atomic E-state index is 0.0384. The van der Waals surface area contributed by atoms with Crippen molar-refractivity contribution in [1.82, 2.24) is 9.29 Å². The van der Waals surface area contributed by atoms with Gasteiger partial charge in [0, 0.05) is 37.1 Å². The molecule has 0 saturated heterocycles. The molecule has 8 nitrogen and oxygen atoms in total. The van der Waals surface area contributed by atoms with Crippen LogP contribution < -0.4 is 4.74 Å². The van der Waals surface area contributed by atoms with Crippen molar-refractivity contribution in [2.45, 2.75) is 76.7 Å². The number of aryl methyl sites for hydroxylation is 2. The van der Waals surface area contributed by atoms with Crippen LogP contribution in [-0.2, 0) is 46.0 Å². The van der Waals surface area contributed by atoms with E-state index in [9.17, 15) is 18.3 Å². The highest BCUT2D eigenvalue weighted by Crippen LogP contribution is 2.35. The van der Waals surface area contributed by atoms with Crippen LogP contribution in [0.15, 0.2) is 76.0 Å². The normalized spacial score (nSPS) is 13.9. The second kappa shape index (κ2) is 13.0. The van der Waals surface area contributed by atoms with Crippen molar-refractivity contribution >= 4 is 16.0 Å². The lowest BCUT2D eigenvalue weighted by Crippen LogP contribution is -2.36. The van der Waals surface area contributed by atoms with Crippen LogP contribution in [0.5, 0.6) is 5.75 Å². The van der Waals surface area contributed by atoms with Gasteiger partial charge in [0.1, 0.15) is 11.5 Å². The Balaban J connectivity index is 1.35. The highest BCUT2D eigenvalue weighted by Gasteiger charge is 2.31. The number of sulfonamides is 1. The van der Waals surface area contributed by atoms with E-state index >= 15 is 0 Å². The van der Waals surface area contributed by atoms with Crippen LogP contribution in [0.4, 0.5) is 0 Å². The molecular formula is C35H40N2O6S. The molecule has 0 aliphatic carbocycles. The van der Waals surface area contributed by atoms with Gasteiger partial charge in [0.2, 0.25) is 15.9 Å². The Kier molecular flexibility index (Phi) is 9.27.